The smallest absolute Gasteiger partial charge is 0.234 e. The quantitative estimate of drug-likeness (QED) is 0.399. The Morgan fingerprint density at radius 1 is 1.19 bits per heavy atom. The number of nitrogens with zero attached hydrogens (tertiary/aromatic N) is 4. The summed E-state index contributed by atoms with van der Waals surface area (Å²) in [6.45, 7) is 4.03. The number of anilines is 1. The molecule has 0 spiro atoms. The molecule has 1 aromatic carbocycles. The molecule has 164 valence electrons. The van der Waals surface area contributed by atoms with Crippen molar-refractivity contribution in [3.8, 4) is 0 Å². The normalized spacial score (nSPS) is 15.9. The van der Waals surface area contributed by atoms with Gasteiger partial charge in [-0.3, -0.25) is 9.20 Å². The number of hydrogen-bond donors (Lipinski definition) is 1. The third kappa shape index (κ3) is 3.40. The van der Waals surface area contributed by atoms with Crippen molar-refractivity contribution in [2.75, 3.05) is 11.1 Å². The summed E-state index contributed by atoms with van der Waals surface area (Å²) in [4.78, 5) is 20.4. The fraction of sp³-hybridized carbons (Fsp3) is 0.417. The van der Waals surface area contributed by atoms with E-state index in [0.29, 0.717) is 11.7 Å². The monoisotopic (exact) mass is 463 g/mol. The maximum Gasteiger partial charge on any atom is 0.234 e. The van der Waals surface area contributed by atoms with E-state index in [-0.39, 0.29) is 5.91 Å². The number of aryl methyl sites for hydroxylation is 4. The highest BCUT2D eigenvalue weighted by atomic mass is 32.2. The van der Waals surface area contributed by atoms with Crippen LogP contribution in [-0.2, 0) is 17.6 Å². The second-order valence-corrected chi connectivity index (χ2v) is 10.9. The number of carbonyl (C=O) groups is 1. The highest BCUT2D eigenvalue weighted by Crippen LogP contribution is 2.44. The van der Waals surface area contributed by atoms with Gasteiger partial charge in [0.05, 0.1) is 11.1 Å². The number of benzene rings is 1. The Morgan fingerprint density at radius 2 is 1.97 bits per heavy atom. The van der Waals surface area contributed by atoms with E-state index in [2.05, 4.69) is 19.9 Å². The van der Waals surface area contributed by atoms with Crippen LogP contribution in [0.1, 0.15) is 59.0 Å². The molecular formula is C24H25N5OS2. The fourth-order valence-corrected chi connectivity index (χ4v) is 6.68. The number of thioether (sulfide) groups is 1. The van der Waals surface area contributed by atoms with Crippen LogP contribution >= 0.6 is 23.1 Å². The van der Waals surface area contributed by atoms with E-state index >= 15 is 0 Å². The third-order valence-electron chi connectivity index (χ3n) is 6.48. The number of fused-ring (bicyclic) bond motifs is 5. The van der Waals surface area contributed by atoms with E-state index in [4.69, 9.17) is 4.98 Å². The SMILES string of the molecule is Cc1cccc(C)c1NC(=O)CSc1nnc2c3c4c(sc3nc(C3CC3)n12)CCCC4. The Balaban J connectivity index is 1.34. The Kier molecular flexibility index (Phi) is 4.95. The van der Waals surface area contributed by atoms with Gasteiger partial charge in [-0.2, -0.15) is 0 Å². The molecule has 2 aliphatic carbocycles. The summed E-state index contributed by atoms with van der Waals surface area (Å²) in [5.41, 5.74) is 5.39. The predicted molar refractivity (Wildman–Crippen MR) is 130 cm³/mol. The predicted octanol–water partition coefficient (Wildman–Crippen LogP) is 5.44. The van der Waals surface area contributed by atoms with Crippen molar-refractivity contribution in [1.82, 2.24) is 19.6 Å². The van der Waals surface area contributed by atoms with Crippen molar-refractivity contribution in [1.29, 1.82) is 0 Å². The Hall–Kier alpha value is -2.45. The van der Waals surface area contributed by atoms with Gasteiger partial charge < -0.3 is 5.32 Å². The zero-order chi connectivity index (χ0) is 21.8. The highest BCUT2D eigenvalue weighted by molar-refractivity contribution is 7.99. The molecule has 3 aromatic heterocycles. The first-order chi connectivity index (χ1) is 15.6. The van der Waals surface area contributed by atoms with Crippen molar-refractivity contribution in [3.05, 3.63) is 45.6 Å². The first kappa shape index (κ1) is 20.2. The summed E-state index contributed by atoms with van der Waals surface area (Å²) in [6, 6.07) is 6.04. The lowest BCUT2D eigenvalue weighted by Gasteiger charge is -2.12. The van der Waals surface area contributed by atoms with Crippen molar-refractivity contribution in [3.63, 3.8) is 0 Å². The Bertz CT molecular complexity index is 1350. The highest BCUT2D eigenvalue weighted by Gasteiger charge is 2.32. The van der Waals surface area contributed by atoms with Crippen molar-refractivity contribution in [2.24, 2.45) is 0 Å². The molecule has 0 bridgehead atoms. The van der Waals surface area contributed by atoms with Gasteiger partial charge in [0.15, 0.2) is 10.8 Å². The summed E-state index contributed by atoms with van der Waals surface area (Å²) < 4.78 is 2.14. The molecular weight excluding hydrogens is 438 g/mol. The van der Waals surface area contributed by atoms with Crippen molar-refractivity contribution >= 4 is 50.6 Å². The van der Waals surface area contributed by atoms with Gasteiger partial charge in [-0.15, -0.1) is 21.5 Å². The summed E-state index contributed by atoms with van der Waals surface area (Å²) in [5.74, 6) is 1.80. The van der Waals surface area contributed by atoms with Crippen LogP contribution < -0.4 is 5.32 Å². The van der Waals surface area contributed by atoms with Crippen LogP contribution in [0.4, 0.5) is 5.69 Å². The van der Waals surface area contributed by atoms with E-state index < -0.39 is 0 Å². The molecule has 0 atom stereocenters. The molecule has 4 aromatic rings. The van der Waals surface area contributed by atoms with E-state index in [1.807, 2.05) is 43.4 Å². The molecule has 32 heavy (non-hydrogen) atoms. The molecule has 0 radical (unpaired) electrons. The van der Waals surface area contributed by atoms with Crippen molar-refractivity contribution < 1.29 is 4.79 Å². The number of rotatable bonds is 5. The number of para-hydroxylation sites is 1. The van der Waals surface area contributed by atoms with Crippen LogP contribution in [-0.4, -0.2) is 31.2 Å². The van der Waals surface area contributed by atoms with Crippen LogP contribution in [0.2, 0.25) is 0 Å². The van der Waals surface area contributed by atoms with Gasteiger partial charge in [-0.25, -0.2) is 4.98 Å². The number of hydrogen-bond acceptors (Lipinski definition) is 6. The largest absolute Gasteiger partial charge is 0.325 e. The molecule has 6 rings (SSSR count). The zero-order valence-electron chi connectivity index (χ0n) is 18.3. The molecule has 0 saturated heterocycles. The average Bonchev–Trinajstić information content (AvgIpc) is 3.44. The standard InChI is InChI=1S/C24H25N5OS2/c1-13-6-5-7-14(2)20(13)25-18(30)12-31-24-28-27-22-19-16-8-3-4-9-17(16)32-23(19)26-21(29(22)24)15-10-11-15/h5-7,15H,3-4,8-12H2,1-2H3,(H,25,30). The van der Waals surface area contributed by atoms with Crippen LogP contribution in [0, 0.1) is 13.8 Å². The van der Waals surface area contributed by atoms with E-state index in [1.54, 1.807) is 0 Å². The first-order valence-corrected chi connectivity index (χ1v) is 13.1. The van der Waals surface area contributed by atoms with Crippen LogP contribution in [0.3, 0.4) is 0 Å². The number of thiophene rings is 1. The number of carbonyl (C=O) groups excluding carboxylic acids is 1. The Morgan fingerprint density at radius 3 is 2.75 bits per heavy atom. The molecule has 3 heterocycles. The zero-order valence-corrected chi connectivity index (χ0v) is 19.9. The summed E-state index contributed by atoms with van der Waals surface area (Å²) >= 11 is 3.29. The molecule has 1 fully saturated rings. The molecule has 6 nitrogen and oxygen atoms in total. The summed E-state index contributed by atoms with van der Waals surface area (Å²) in [6.07, 6.45) is 7.05. The molecule has 2 aliphatic rings. The molecule has 1 N–H and O–H groups in total. The van der Waals surface area contributed by atoms with E-state index in [9.17, 15) is 4.79 Å². The van der Waals surface area contributed by atoms with Crippen LogP contribution in [0.5, 0.6) is 0 Å². The van der Waals surface area contributed by atoms with Gasteiger partial charge in [-0.05, 0) is 69.1 Å². The van der Waals surface area contributed by atoms with Crippen LogP contribution in [0.15, 0.2) is 23.4 Å². The maximum absolute atomic E-state index is 12.7. The van der Waals surface area contributed by atoms with Crippen LogP contribution in [0.25, 0.3) is 15.9 Å². The summed E-state index contributed by atoms with van der Waals surface area (Å²) in [7, 11) is 0. The minimum absolute atomic E-state index is 0.0286. The fourth-order valence-electron chi connectivity index (χ4n) is 4.68. The van der Waals surface area contributed by atoms with E-state index in [1.165, 1.54) is 40.4 Å². The topological polar surface area (TPSA) is 72.2 Å². The minimum Gasteiger partial charge on any atom is -0.325 e. The van der Waals surface area contributed by atoms with Crippen molar-refractivity contribution in [2.45, 2.75) is 63.4 Å². The Labute approximate surface area is 194 Å². The van der Waals surface area contributed by atoms with Gasteiger partial charge in [0.2, 0.25) is 5.91 Å². The summed E-state index contributed by atoms with van der Waals surface area (Å²) in [5, 5.41) is 14.2. The average molecular weight is 464 g/mol. The van der Waals surface area contributed by atoms with Gasteiger partial charge in [-0.1, -0.05) is 30.0 Å². The molecule has 8 heteroatoms. The number of amides is 1. The number of aromatic nitrogens is 4. The maximum atomic E-state index is 12.7. The van der Waals surface area contributed by atoms with Gasteiger partial charge in [0.25, 0.3) is 0 Å². The second-order valence-electron chi connectivity index (χ2n) is 8.88. The minimum atomic E-state index is -0.0286. The van der Waals surface area contributed by atoms with Gasteiger partial charge >= 0.3 is 0 Å². The lowest BCUT2D eigenvalue weighted by Crippen LogP contribution is -2.16. The second kappa shape index (κ2) is 7.85. The molecule has 1 amide bonds. The molecule has 0 aliphatic heterocycles. The van der Waals surface area contributed by atoms with E-state index in [0.717, 1.165) is 64.0 Å². The third-order valence-corrected chi connectivity index (χ3v) is 8.59. The number of nitrogens with one attached hydrogen (secondary N) is 1. The first-order valence-electron chi connectivity index (χ1n) is 11.3. The lowest BCUT2D eigenvalue weighted by molar-refractivity contribution is -0.113. The lowest BCUT2D eigenvalue weighted by atomic mass is 9.97. The van der Waals surface area contributed by atoms with Gasteiger partial charge in [0, 0.05) is 16.5 Å². The van der Waals surface area contributed by atoms with Gasteiger partial charge in [0.1, 0.15) is 10.7 Å². The molecule has 0 unspecified atom stereocenters. The molecule has 1 saturated carbocycles.